The molecule has 28 heavy (non-hydrogen) atoms. The van der Waals surface area contributed by atoms with Gasteiger partial charge in [0.25, 0.3) is 0 Å². The Hall–Kier alpha value is -0.706. The van der Waals surface area contributed by atoms with Gasteiger partial charge in [-0.1, -0.05) is 65.2 Å². The summed E-state index contributed by atoms with van der Waals surface area (Å²) in [4.78, 5) is 0. The molecule has 1 rings (SSSR count). The molecule has 0 heterocycles. The first-order valence-electron chi connectivity index (χ1n) is 9.81. The molecule has 3 unspecified atom stereocenters. The second kappa shape index (κ2) is 28.5. The maximum atomic E-state index is 10.1. The Labute approximate surface area is 189 Å². The minimum atomic E-state index is -0.470. The van der Waals surface area contributed by atoms with Gasteiger partial charge in [-0.2, -0.15) is 6.08 Å². The number of rotatable bonds is 9. The van der Waals surface area contributed by atoms with Gasteiger partial charge in [0.05, 0.1) is 0 Å². The maximum absolute atomic E-state index is 10.1. The van der Waals surface area contributed by atoms with Gasteiger partial charge in [0, 0.05) is 0 Å². The number of hydrogen-bond acceptors (Lipinski definition) is 3. The molecule has 3 atom stereocenters. The molecular weight excluding hydrogens is 384 g/mol. The Morgan fingerprint density at radius 3 is 1.50 bits per heavy atom. The van der Waals surface area contributed by atoms with Gasteiger partial charge < -0.3 is 15.3 Å². The van der Waals surface area contributed by atoms with Crippen LogP contribution in [0.3, 0.4) is 0 Å². The minimum absolute atomic E-state index is 0. The monoisotopic (exact) mass is 424 g/mol. The second-order valence-electron chi connectivity index (χ2n) is 6.42. The topological polar surface area (TPSA) is 69.2 Å². The Morgan fingerprint density at radius 1 is 0.929 bits per heavy atom. The summed E-state index contributed by atoms with van der Waals surface area (Å²) >= 11 is 0. The third-order valence-corrected chi connectivity index (χ3v) is 3.06. The summed E-state index contributed by atoms with van der Waals surface area (Å²) in [6.45, 7) is 17.3. The first kappa shape index (κ1) is 34.8. The molecule has 0 radical (unpaired) electrons. The summed E-state index contributed by atoms with van der Waals surface area (Å²) in [5, 5.41) is 30.2. The average molecular weight is 424 g/mol. The molecule has 0 spiro atoms. The normalized spacial score (nSPS) is 14.0. The van der Waals surface area contributed by atoms with Gasteiger partial charge in [-0.05, 0) is 19.3 Å². The van der Waals surface area contributed by atoms with Crippen molar-refractivity contribution in [1.82, 2.24) is 0 Å². The standard InChI is InChI=1S/C9H13.3C5H9O.Ti/c1-2-3-6-9-7-4-5-8-9;3*1-3-4-5(2)6;/h4,7H,2-3,5-6H2,1H3;3*3,5H,1,4H2,2H3;/q4*-1;+4. The van der Waals surface area contributed by atoms with Crippen molar-refractivity contribution in [2.75, 3.05) is 0 Å². The van der Waals surface area contributed by atoms with E-state index in [0.29, 0.717) is 19.3 Å². The fourth-order valence-corrected chi connectivity index (χ4v) is 1.69. The van der Waals surface area contributed by atoms with Gasteiger partial charge in [0.2, 0.25) is 0 Å². The first-order valence-corrected chi connectivity index (χ1v) is 9.81. The van der Waals surface area contributed by atoms with E-state index in [1.807, 2.05) is 0 Å². The SMILES string of the molecule is C=CCC(C)[O-].C=CCC(C)[O-].C=CCC(C)[O-].CCCCC1=[C-]CC=C1.[Ti+4]. The summed E-state index contributed by atoms with van der Waals surface area (Å²) in [6, 6.07) is 0. The van der Waals surface area contributed by atoms with E-state index in [1.54, 1.807) is 39.0 Å². The fraction of sp³-hybridized carbons (Fsp3) is 0.583. The van der Waals surface area contributed by atoms with Crippen LogP contribution in [0, 0.1) is 6.08 Å². The van der Waals surface area contributed by atoms with Crippen molar-refractivity contribution in [3.05, 3.63) is 61.8 Å². The Kier molecular flexibility index (Phi) is 35.4. The molecule has 4 heteroatoms. The van der Waals surface area contributed by atoms with Crippen LogP contribution in [-0.4, -0.2) is 18.3 Å². The maximum Gasteiger partial charge on any atom is 4.00 e. The summed E-state index contributed by atoms with van der Waals surface area (Å²) in [7, 11) is 0. The van der Waals surface area contributed by atoms with E-state index in [1.165, 1.54) is 24.8 Å². The van der Waals surface area contributed by atoms with E-state index >= 15 is 0 Å². The third-order valence-electron chi connectivity index (χ3n) is 3.06. The van der Waals surface area contributed by atoms with Crippen LogP contribution >= 0.6 is 0 Å². The molecule has 0 amide bonds. The number of allylic oxidation sites excluding steroid dienone is 4. The van der Waals surface area contributed by atoms with Crippen LogP contribution in [0.4, 0.5) is 0 Å². The number of hydrogen-bond donors (Lipinski definition) is 0. The Morgan fingerprint density at radius 2 is 1.32 bits per heavy atom. The largest absolute Gasteiger partial charge is 4.00 e. The van der Waals surface area contributed by atoms with Crippen LogP contribution in [0.1, 0.15) is 72.6 Å². The van der Waals surface area contributed by atoms with Crippen molar-refractivity contribution >= 4 is 0 Å². The van der Waals surface area contributed by atoms with E-state index in [2.05, 4.69) is 44.9 Å². The predicted octanol–water partition coefficient (Wildman–Crippen LogP) is 3.80. The van der Waals surface area contributed by atoms with Gasteiger partial charge in [-0.25, -0.2) is 11.6 Å². The van der Waals surface area contributed by atoms with Gasteiger partial charge in [0.15, 0.2) is 0 Å². The quantitative estimate of drug-likeness (QED) is 0.321. The molecule has 0 aromatic heterocycles. The predicted molar refractivity (Wildman–Crippen MR) is 113 cm³/mol. The van der Waals surface area contributed by atoms with Crippen LogP contribution in [0.15, 0.2) is 55.7 Å². The average Bonchev–Trinajstić information content (AvgIpc) is 3.07. The van der Waals surface area contributed by atoms with Crippen LogP contribution in [0.2, 0.25) is 0 Å². The zero-order chi connectivity index (χ0) is 21.5. The molecule has 0 fully saturated rings. The van der Waals surface area contributed by atoms with Gasteiger partial charge >= 0.3 is 21.7 Å². The molecular formula is C24H40O3Ti. The molecule has 0 aromatic rings. The molecule has 0 bridgehead atoms. The van der Waals surface area contributed by atoms with E-state index < -0.39 is 18.3 Å². The van der Waals surface area contributed by atoms with Gasteiger partial charge in [-0.15, -0.1) is 44.5 Å². The molecule has 1 aliphatic rings. The molecule has 3 nitrogen and oxygen atoms in total. The summed E-state index contributed by atoms with van der Waals surface area (Å²) in [6.07, 6.45) is 17.8. The third kappa shape index (κ3) is 40.1. The van der Waals surface area contributed by atoms with Crippen molar-refractivity contribution in [3.8, 4) is 0 Å². The minimum Gasteiger partial charge on any atom is -0.852 e. The van der Waals surface area contributed by atoms with Gasteiger partial charge in [0.1, 0.15) is 0 Å². The smallest absolute Gasteiger partial charge is 0.852 e. The first-order chi connectivity index (χ1) is 12.7. The van der Waals surface area contributed by atoms with E-state index in [4.69, 9.17) is 0 Å². The fourth-order valence-electron chi connectivity index (χ4n) is 1.69. The van der Waals surface area contributed by atoms with Crippen LogP contribution < -0.4 is 15.3 Å². The number of unbranched alkanes of at least 4 members (excludes halogenated alkanes) is 1. The molecule has 158 valence electrons. The summed E-state index contributed by atoms with van der Waals surface area (Å²) < 4.78 is 0. The Balaban J connectivity index is -0.000000139. The zero-order valence-corrected chi connectivity index (χ0v) is 20.0. The molecule has 1 aliphatic carbocycles. The molecule has 0 saturated heterocycles. The van der Waals surface area contributed by atoms with Crippen LogP contribution in [0.25, 0.3) is 0 Å². The van der Waals surface area contributed by atoms with Crippen molar-refractivity contribution in [1.29, 1.82) is 0 Å². The molecule has 0 aromatic carbocycles. The van der Waals surface area contributed by atoms with Gasteiger partial charge in [-0.3, -0.25) is 6.08 Å². The summed E-state index contributed by atoms with van der Waals surface area (Å²) in [5.41, 5.74) is 1.41. The van der Waals surface area contributed by atoms with Crippen LogP contribution in [-0.2, 0) is 21.7 Å². The summed E-state index contributed by atoms with van der Waals surface area (Å²) in [5.74, 6) is 0. The van der Waals surface area contributed by atoms with Crippen molar-refractivity contribution in [2.45, 2.75) is 91.0 Å². The molecule has 0 saturated carbocycles. The van der Waals surface area contributed by atoms with Crippen molar-refractivity contribution in [3.63, 3.8) is 0 Å². The van der Waals surface area contributed by atoms with Crippen LogP contribution in [0.5, 0.6) is 0 Å². The van der Waals surface area contributed by atoms with E-state index in [9.17, 15) is 15.3 Å². The Bertz CT molecular complexity index is 363. The zero-order valence-electron chi connectivity index (χ0n) is 18.4. The van der Waals surface area contributed by atoms with Crippen molar-refractivity contribution in [2.24, 2.45) is 0 Å². The second-order valence-corrected chi connectivity index (χ2v) is 6.42. The molecule has 0 N–H and O–H groups in total. The van der Waals surface area contributed by atoms with E-state index in [0.717, 1.165) is 6.42 Å². The van der Waals surface area contributed by atoms with E-state index in [-0.39, 0.29) is 21.7 Å². The molecule has 0 aliphatic heterocycles. The van der Waals surface area contributed by atoms with Crippen molar-refractivity contribution < 1.29 is 37.0 Å².